The van der Waals surface area contributed by atoms with E-state index in [1.807, 2.05) is 0 Å². The predicted octanol–water partition coefficient (Wildman–Crippen LogP) is 4.21. The molecule has 1 rings (SSSR count). The molecule has 0 aliphatic carbocycles. The van der Waals surface area contributed by atoms with Crippen LogP contribution in [0.25, 0.3) is 0 Å². The predicted molar refractivity (Wildman–Crippen MR) is 87.7 cm³/mol. The molecule has 1 aliphatic rings. The number of rotatable bonds is 5. The molecule has 1 fully saturated rings. The Balaban J connectivity index is 0.000000711. The fourth-order valence-electron chi connectivity index (χ4n) is 2.11. The molecule has 0 radical (unpaired) electrons. The first-order valence-corrected chi connectivity index (χ1v) is 8.25. The lowest BCUT2D eigenvalue weighted by Crippen LogP contribution is -2.40. The minimum absolute atomic E-state index is 0.509. The fraction of sp³-hybridized carbons (Fsp3) is 1.00. The van der Waals surface area contributed by atoms with E-state index in [1.54, 1.807) is 0 Å². The van der Waals surface area contributed by atoms with Crippen LogP contribution in [0.2, 0.25) is 0 Å². The van der Waals surface area contributed by atoms with Gasteiger partial charge in [-0.25, -0.2) is 0 Å². The molecule has 116 valence electrons. The Kier molecular flexibility index (Phi) is 10.6. The van der Waals surface area contributed by atoms with Crippen molar-refractivity contribution in [2.45, 2.75) is 79.7 Å². The van der Waals surface area contributed by atoms with E-state index in [4.69, 9.17) is 0 Å². The zero-order chi connectivity index (χ0) is 14.7. The summed E-state index contributed by atoms with van der Waals surface area (Å²) in [5.74, 6) is 0.833. The van der Waals surface area contributed by atoms with Crippen molar-refractivity contribution >= 4 is 0 Å². The highest BCUT2D eigenvalue weighted by molar-refractivity contribution is 4.74. The molecule has 2 nitrogen and oxygen atoms in total. The van der Waals surface area contributed by atoms with Crippen molar-refractivity contribution in [1.82, 2.24) is 10.6 Å². The summed E-state index contributed by atoms with van der Waals surface area (Å²) in [4.78, 5) is 0. The molecule has 1 saturated heterocycles. The lowest BCUT2D eigenvalue weighted by molar-refractivity contribution is 0.346. The molecule has 0 aromatic rings. The second-order valence-electron chi connectivity index (χ2n) is 7.73. The van der Waals surface area contributed by atoms with Crippen molar-refractivity contribution in [3.63, 3.8) is 0 Å². The molecule has 0 spiro atoms. The molecule has 19 heavy (non-hydrogen) atoms. The molecule has 0 atom stereocenters. The van der Waals surface area contributed by atoms with E-state index < -0.39 is 0 Å². The molecule has 0 bridgehead atoms. The Morgan fingerprint density at radius 3 is 2.05 bits per heavy atom. The van der Waals surface area contributed by atoms with Crippen molar-refractivity contribution in [2.24, 2.45) is 11.3 Å². The Morgan fingerprint density at radius 2 is 1.58 bits per heavy atom. The Bertz CT molecular complexity index is 185. The third-order valence-electron chi connectivity index (χ3n) is 3.13. The van der Waals surface area contributed by atoms with Crippen LogP contribution in [0.1, 0.15) is 73.6 Å². The van der Waals surface area contributed by atoms with Gasteiger partial charge in [0.05, 0.1) is 0 Å². The largest absolute Gasteiger partial charge is 0.317 e. The maximum atomic E-state index is 3.67. The van der Waals surface area contributed by atoms with Gasteiger partial charge in [-0.15, -0.1) is 0 Å². The first-order valence-electron chi connectivity index (χ1n) is 8.25. The summed E-state index contributed by atoms with van der Waals surface area (Å²) in [7, 11) is 0. The third-order valence-corrected chi connectivity index (χ3v) is 3.13. The molecule has 0 saturated carbocycles. The molecular formula is C17H38N2. The molecule has 2 heteroatoms. The van der Waals surface area contributed by atoms with E-state index >= 15 is 0 Å². The van der Waals surface area contributed by atoms with Gasteiger partial charge in [-0.05, 0) is 56.7 Å². The topological polar surface area (TPSA) is 24.1 Å². The van der Waals surface area contributed by atoms with Gasteiger partial charge in [-0.3, -0.25) is 0 Å². The summed E-state index contributed by atoms with van der Waals surface area (Å²) in [6.07, 6.45) is 6.65. The number of hydrogen-bond donors (Lipinski definition) is 2. The number of nitrogens with one attached hydrogen (secondary N) is 2. The molecule has 1 aliphatic heterocycles. The highest BCUT2D eigenvalue weighted by atomic mass is 15.0. The lowest BCUT2D eigenvalue weighted by atomic mass is 9.90. The van der Waals surface area contributed by atoms with E-state index in [0.29, 0.717) is 5.41 Å². The molecule has 1 heterocycles. The van der Waals surface area contributed by atoms with Crippen LogP contribution < -0.4 is 10.6 Å². The van der Waals surface area contributed by atoms with Crippen LogP contribution in [0.3, 0.4) is 0 Å². The lowest BCUT2D eigenvalue weighted by Gasteiger charge is -2.24. The molecule has 0 amide bonds. The second-order valence-corrected chi connectivity index (χ2v) is 7.73. The van der Waals surface area contributed by atoms with Gasteiger partial charge in [-0.1, -0.05) is 48.0 Å². The van der Waals surface area contributed by atoms with E-state index in [1.165, 1.54) is 51.7 Å². The molecule has 0 unspecified atom stereocenters. The van der Waals surface area contributed by atoms with Crippen LogP contribution in [0.5, 0.6) is 0 Å². The van der Waals surface area contributed by atoms with Crippen LogP contribution in [0, 0.1) is 11.3 Å². The minimum atomic E-state index is 0.509. The monoisotopic (exact) mass is 270 g/mol. The molecule has 0 aromatic heterocycles. The van der Waals surface area contributed by atoms with E-state index in [0.717, 1.165) is 12.0 Å². The smallest absolute Gasteiger partial charge is 0.00912 e. The van der Waals surface area contributed by atoms with Crippen molar-refractivity contribution in [3.8, 4) is 0 Å². The van der Waals surface area contributed by atoms with Crippen molar-refractivity contribution in [1.29, 1.82) is 0 Å². The zero-order valence-corrected chi connectivity index (χ0v) is 14.3. The first-order chi connectivity index (χ1) is 8.81. The van der Waals surface area contributed by atoms with Crippen LogP contribution in [-0.4, -0.2) is 25.7 Å². The average Bonchev–Trinajstić information content (AvgIpc) is 2.27. The van der Waals surface area contributed by atoms with E-state index in [9.17, 15) is 0 Å². The maximum absolute atomic E-state index is 3.67. The van der Waals surface area contributed by atoms with Crippen molar-refractivity contribution in [3.05, 3.63) is 0 Å². The van der Waals surface area contributed by atoms with Gasteiger partial charge in [0.25, 0.3) is 0 Å². The number of piperidine rings is 1. The molecular weight excluding hydrogens is 232 g/mol. The Morgan fingerprint density at radius 1 is 1.05 bits per heavy atom. The highest BCUT2D eigenvalue weighted by Crippen LogP contribution is 2.21. The molecule has 2 N–H and O–H groups in total. The zero-order valence-electron chi connectivity index (χ0n) is 14.3. The fourth-order valence-corrected chi connectivity index (χ4v) is 2.11. The van der Waals surface area contributed by atoms with Gasteiger partial charge < -0.3 is 10.6 Å². The van der Waals surface area contributed by atoms with Gasteiger partial charge in [0.1, 0.15) is 0 Å². The summed E-state index contributed by atoms with van der Waals surface area (Å²) < 4.78 is 0. The summed E-state index contributed by atoms with van der Waals surface area (Å²) in [5.41, 5.74) is 0.509. The van der Waals surface area contributed by atoms with E-state index in [-0.39, 0.29) is 0 Å². The Labute approximate surface area is 122 Å². The van der Waals surface area contributed by atoms with Crippen molar-refractivity contribution < 1.29 is 0 Å². The minimum Gasteiger partial charge on any atom is -0.317 e. The van der Waals surface area contributed by atoms with Gasteiger partial charge in [0, 0.05) is 6.04 Å². The summed E-state index contributed by atoms with van der Waals surface area (Å²) in [5, 5.41) is 7.06. The average molecular weight is 271 g/mol. The number of unbranched alkanes of at least 4 members (excludes halogenated alkanes) is 1. The number of hydrogen-bond acceptors (Lipinski definition) is 2. The third kappa shape index (κ3) is 15.9. The van der Waals surface area contributed by atoms with Gasteiger partial charge in [0.15, 0.2) is 0 Å². The summed E-state index contributed by atoms with van der Waals surface area (Å²) in [6.45, 7) is 17.1. The SMILES string of the molecule is CC(C)(C)CCCCNC1CCNCC1.CC(C)C. The van der Waals surface area contributed by atoms with Gasteiger partial charge >= 0.3 is 0 Å². The standard InChI is InChI=1S/C13H28N2.C4H10/c1-13(2,3)8-4-5-9-15-12-6-10-14-11-7-12;1-4(2)3/h12,14-15H,4-11H2,1-3H3;4H,1-3H3. The first kappa shape index (κ1) is 18.9. The van der Waals surface area contributed by atoms with Crippen LogP contribution >= 0.6 is 0 Å². The summed E-state index contributed by atoms with van der Waals surface area (Å²) in [6, 6.07) is 0.779. The normalized spacial score (nSPS) is 17.2. The highest BCUT2D eigenvalue weighted by Gasteiger charge is 2.12. The second kappa shape index (κ2) is 10.7. The van der Waals surface area contributed by atoms with Gasteiger partial charge in [-0.2, -0.15) is 0 Å². The van der Waals surface area contributed by atoms with E-state index in [2.05, 4.69) is 52.2 Å². The molecule has 0 aromatic carbocycles. The van der Waals surface area contributed by atoms with Gasteiger partial charge in [0.2, 0.25) is 0 Å². The van der Waals surface area contributed by atoms with Crippen LogP contribution in [0.15, 0.2) is 0 Å². The quantitative estimate of drug-likeness (QED) is 0.731. The maximum Gasteiger partial charge on any atom is 0.00912 e. The van der Waals surface area contributed by atoms with Crippen LogP contribution in [-0.2, 0) is 0 Å². The van der Waals surface area contributed by atoms with Crippen LogP contribution in [0.4, 0.5) is 0 Å². The van der Waals surface area contributed by atoms with Crippen molar-refractivity contribution in [2.75, 3.05) is 19.6 Å². The Hall–Kier alpha value is -0.0800. The summed E-state index contributed by atoms with van der Waals surface area (Å²) >= 11 is 0.